The molecule has 2 fully saturated rings. The van der Waals surface area contributed by atoms with Crippen molar-refractivity contribution in [2.24, 2.45) is 0 Å². The standard InChI is InChI=1S/C14H19NO.C5H12N2/c1-11-7-9-12(10-8-11)14(16)15-13-5-3-2-4-6-13;1-7-4-2-6-3-5-7/h7-10,13H,2-6H2,1H3,(H,15,16);6H,2-5H2,1H3. The molecule has 0 unspecified atom stereocenters. The summed E-state index contributed by atoms with van der Waals surface area (Å²) in [4.78, 5) is 14.2. The maximum atomic E-state index is 11.9. The Morgan fingerprint density at radius 3 is 2.22 bits per heavy atom. The van der Waals surface area contributed by atoms with E-state index in [2.05, 4.69) is 22.6 Å². The van der Waals surface area contributed by atoms with Gasteiger partial charge in [-0.15, -0.1) is 0 Å². The number of carbonyl (C=O) groups excluding carboxylic acids is 1. The third kappa shape index (κ3) is 6.71. The van der Waals surface area contributed by atoms with E-state index in [1.165, 1.54) is 37.9 Å². The minimum atomic E-state index is 0.0758. The molecule has 0 atom stereocenters. The van der Waals surface area contributed by atoms with Crippen LogP contribution in [0, 0.1) is 6.92 Å². The first-order chi connectivity index (χ1) is 11.1. The molecule has 1 aromatic rings. The highest BCUT2D eigenvalue weighted by Crippen LogP contribution is 2.17. The normalized spacial score (nSPS) is 19.6. The van der Waals surface area contributed by atoms with Gasteiger partial charge in [0.1, 0.15) is 0 Å². The number of hydrogen-bond acceptors (Lipinski definition) is 3. The quantitative estimate of drug-likeness (QED) is 0.881. The zero-order chi connectivity index (χ0) is 16.5. The number of benzene rings is 1. The fourth-order valence-corrected chi connectivity index (χ4v) is 3.00. The molecule has 0 aromatic heterocycles. The Kier molecular flexibility index (Phi) is 7.56. The van der Waals surface area contributed by atoms with Crippen molar-refractivity contribution in [1.29, 1.82) is 0 Å². The summed E-state index contributed by atoms with van der Waals surface area (Å²) in [5.41, 5.74) is 1.96. The highest BCUT2D eigenvalue weighted by Gasteiger charge is 2.16. The van der Waals surface area contributed by atoms with Crippen LogP contribution in [0.25, 0.3) is 0 Å². The SMILES string of the molecule is CN1CCNCC1.Cc1ccc(C(=O)NC2CCCCC2)cc1. The molecule has 0 bridgehead atoms. The van der Waals surface area contributed by atoms with Gasteiger partial charge in [0.2, 0.25) is 0 Å². The van der Waals surface area contributed by atoms with E-state index in [0.29, 0.717) is 6.04 Å². The fourth-order valence-electron chi connectivity index (χ4n) is 3.00. The zero-order valence-corrected chi connectivity index (χ0v) is 14.6. The van der Waals surface area contributed by atoms with Gasteiger partial charge in [-0.2, -0.15) is 0 Å². The highest BCUT2D eigenvalue weighted by atomic mass is 16.1. The zero-order valence-electron chi connectivity index (χ0n) is 14.6. The van der Waals surface area contributed by atoms with Crippen molar-refractivity contribution in [3.63, 3.8) is 0 Å². The van der Waals surface area contributed by atoms with Crippen LogP contribution < -0.4 is 10.6 Å². The third-order valence-corrected chi connectivity index (χ3v) is 4.59. The van der Waals surface area contributed by atoms with Crippen LogP contribution in [0.15, 0.2) is 24.3 Å². The second-order valence-corrected chi connectivity index (χ2v) is 6.73. The number of aryl methyl sites for hydroxylation is 1. The van der Waals surface area contributed by atoms with Gasteiger partial charge in [0.05, 0.1) is 0 Å². The fraction of sp³-hybridized carbons (Fsp3) is 0.632. The summed E-state index contributed by atoms with van der Waals surface area (Å²) in [5.74, 6) is 0.0758. The van der Waals surface area contributed by atoms with E-state index < -0.39 is 0 Å². The van der Waals surface area contributed by atoms with Gasteiger partial charge in [-0.3, -0.25) is 4.79 Å². The van der Waals surface area contributed by atoms with Crippen molar-refractivity contribution in [2.75, 3.05) is 33.2 Å². The lowest BCUT2D eigenvalue weighted by atomic mass is 9.95. The van der Waals surface area contributed by atoms with Gasteiger partial charge in [-0.25, -0.2) is 0 Å². The van der Waals surface area contributed by atoms with E-state index in [0.717, 1.165) is 31.5 Å². The first kappa shape index (κ1) is 18.0. The van der Waals surface area contributed by atoms with E-state index in [1.807, 2.05) is 31.2 Å². The summed E-state index contributed by atoms with van der Waals surface area (Å²) in [6.07, 6.45) is 6.09. The van der Waals surface area contributed by atoms with Gasteiger partial charge in [0.15, 0.2) is 0 Å². The molecule has 0 radical (unpaired) electrons. The molecule has 0 spiro atoms. The van der Waals surface area contributed by atoms with E-state index >= 15 is 0 Å². The molecule has 1 saturated heterocycles. The predicted octanol–water partition coefficient (Wildman–Crippen LogP) is 2.58. The van der Waals surface area contributed by atoms with Crippen molar-refractivity contribution in [2.45, 2.75) is 45.1 Å². The number of nitrogens with zero attached hydrogens (tertiary/aromatic N) is 1. The summed E-state index contributed by atoms with van der Waals surface area (Å²) in [7, 11) is 2.15. The van der Waals surface area contributed by atoms with Crippen molar-refractivity contribution in [3.05, 3.63) is 35.4 Å². The number of amides is 1. The smallest absolute Gasteiger partial charge is 0.251 e. The van der Waals surface area contributed by atoms with Gasteiger partial charge >= 0.3 is 0 Å². The van der Waals surface area contributed by atoms with Crippen LogP contribution in [0.3, 0.4) is 0 Å². The lowest BCUT2D eigenvalue weighted by molar-refractivity contribution is 0.0927. The average Bonchev–Trinajstić information content (AvgIpc) is 2.57. The van der Waals surface area contributed by atoms with Crippen LogP contribution in [0.2, 0.25) is 0 Å². The minimum absolute atomic E-state index is 0.0758. The highest BCUT2D eigenvalue weighted by molar-refractivity contribution is 5.94. The van der Waals surface area contributed by atoms with Crippen LogP contribution >= 0.6 is 0 Å². The number of rotatable bonds is 2. The molecule has 128 valence electrons. The van der Waals surface area contributed by atoms with Crippen LogP contribution in [0.4, 0.5) is 0 Å². The molecular formula is C19H31N3O. The molecule has 23 heavy (non-hydrogen) atoms. The van der Waals surface area contributed by atoms with Crippen LogP contribution in [0.5, 0.6) is 0 Å². The van der Waals surface area contributed by atoms with Gasteiger partial charge in [0, 0.05) is 37.8 Å². The van der Waals surface area contributed by atoms with E-state index in [-0.39, 0.29) is 5.91 Å². The molecule has 2 N–H and O–H groups in total. The summed E-state index contributed by atoms with van der Waals surface area (Å²) in [6, 6.07) is 8.15. The number of likely N-dealkylation sites (N-methyl/N-ethyl adjacent to an activating group) is 1. The number of piperazine rings is 1. The molecule has 1 heterocycles. The molecule has 3 rings (SSSR count). The lowest BCUT2D eigenvalue weighted by Crippen LogP contribution is -2.40. The second kappa shape index (κ2) is 9.68. The second-order valence-electron chi connectivity index (χ2n) is 6.73. The van der Waals surface area contributed by atoms with Crippen LogP contribution in [-0.2, 0) is 0 Å². The maximum absolute atomic E-state index is 11.9. The Labute approximate surface area is 140 Å². The molecule has 4 nitrogen and oxygen atoms in total. The first-order valence-electron chi connectivity index (χ1n) is 8.92. The summed E-state index contributed by atoms with van der Waals surface area (Å²) >= 11 is 0. The predicted molar refractivity (Wildman–Crippen MR) is 95.9 cm³/mol. The van der Waals surface area contributed by atoms with Gasteiger partial charge in [-0.1, -0.05) is 37.0 Å². The monoisotopic (exact) mass is 317 g/mol. The van der Waals surface area contributed by atoms with Gasteiger partial charge in [0.25, 0.3) is 5.91 Å². The van der Waals surface area contributed by atoms with Crippen LogP contribution in [0.1, 0.15) is 48.0 Å². The largest absolute Gasteiger partial charge is 0.349 e. The lowest BCUT2D eigenvalue weighted by Gasteiger charge is -2.22. The Balaban J connectivity index is 0.000000229. The topological polar surface area (TPSA) is 44.4 Å². The van der Waals surface area contributed by atoms with Gasteiger partial charge in [-0.05, 0) is 38.9 Å². The summed E-state index contributed by atoms with van der Waals surface area (Å²) < 4.78 is 0. The first-order valence-corrected chi connectivity index (χ1v) is 8.92. The van der Waals surface area contributed by atoms with Crippen LogP contribution in [-0.4, -0.2) is 50.1 Å². The van der Waals surface area contributed by atoms with E-state index in [9.17, 15) is 4.79 Å². The molecular weight excluding hydrogens is 286 g/mol. The minimum Gasteiger partial charge on any atom is -0.349 e. The molecule has 2 aliphatic rings. The summed E-state index contributed by atoms with van der Waals surface area (Å²) in [5, 5.41) is 6.39. The Morgan fingerprint density at radius 1 is 1.09 bits per heavy atom. The molecule has 1 aromatic carbocycles. The molecule has 1 saturated carbocycles. The Morgan fingerprint density at radius 2 is 1.70 bits per heavy atom. The molecule has 1 amide bonds. The number of carbonyl (C=O) groups is 1. The molecule has 1 aliphatic carbocycles. The van der Waals surface area contributed by atoms with Gasteiger partial charge < -0.3 is 15.5 Å². The van der Waals surface area contributed by atoms with Crippen molar-refractivity contribution < 1.29 is 4.79 Å². The Bertz CT molecular complexity index is 460. The third-order valence-electron chi connectivity index (χ3n) is 4.59. The van der Waals surface area contributed by atoms with E-state index in [4.69, 9.17) is 0 Å². The molecule has 1 aliphatic heterocycles. The Hall–Kier alpha value is -1.39. The van der Waals surface area contributed by atoms with Crippen molar-refractivity contribution >= 4 is 5.91 Å². The van der Waals surface area contributed by atoms with Crippen molar-refractivity contribution in [3.8, 4) is 0 Å². The van der Waals surface area contributed by atoms with Crippen molar-refractivity contribution in [1.82, 2.24) is 15.5 Å². The summed E-state index contributed by atoms with van der Waals surface area (Å²) in [6.45, 7) is 6.77. The number of nitrogens with one attached hydrogen (secondary N) is 2. The van der Waals surface area contributed by atoms with E-state index in [1.54, 1.807) is 0 Å². The number of hydrogen-bond donors (Lipinski definition) is 2. The average molecular weight is 317 g/mol. The maximum Gasteiger partial charge on any atom is 0.251 e. The molecule has 4 heteroatoms.